The van der Waals surface area contributed by atoms with Crippen LogP contribution in [0.1, 0.15) is 18.0 Å². The van der Waals surface area contributed by atoms with Gasteiger partial charge in [0.15, 0.2) is 0 Å². The highest BCUT2D eigenvalue weighted by Gasteiger charge is 2.18. The van der Waals surface area contributed by atoms with Crippen LogP contribution in [0.25, 0.3) is 0 Å². The molecule has 1 saturated heterocycles. The van der Waals surface area contributed by atoms with Gasteiger partial charge in [-0.1, -0.05) is 30.3 Å². The number of benzene rings is 1. The smallest absolute Gasteiger partial charge is 0.312 e. The maximum absolute atomic E-state index is 12.4. The van der Waals surface area contributed by atoms with Crippen LogP contribution >= 0.6 is 0 Å². The number of nitrogens with one attached hydrogen (secondary N) is 2. The number of hydrogen-bond acceptors (Lipinski definition) is 5. The van der Waals surface area contributed by atoms with Crippen molar-refractivity contribution in [1.29, 1.82) is 0 Å². The topological polar surface area (TPSA) is 110 Å². The Morgan fingerprint density at radius 3 is 2.52 bits per heavy atom. The fraction of sp³-hybridized carbons (Fsp3) is 0.316. The second kappa shape index (κ2) is 9.00. The molecule has 0 saturated carbocycles. The SMILES string of the molecule is NC(=O)NC(CC(=O)Nc1ccc(N2CCOCC2)nc1)c1ccccc1. The molecule has 1 aromatic carbocycles. The summed E-state index contributed by atoms with van der Waals surface area (Å²) in [4.78, 5) is 30.2. The molecule has 8 nitrogen and oxygen atoms in total. The van der Waals surface area contributed by atoms with Gasteiger partial charge in [0, 0.05) is 13.1 Å². The standard InChI is InChI=1S/C19H23N5O3/c20-19(26)23-16(14-4-2-1-3-5-14)12-18(25)22-15-6-7-17(21-13-15)24-8-10-27-11-9-24/h1-7,13,16H,8-12H2,(H,22,25)(H3,20,23,26). The fourth-order valence-electron chi connectivity index (χ4n) is 2.95. The molecular weight excluding hydrogens is 346 g/mol. The van der Waals surface area contributed by atoms with Gasteiger partial charge in [0.2, 0.25) is 5.91 Å². The fourth-order valence-corrected chi connectivity index (χ4v) is 2.95. The van der Waals surface area contributed by atoms with E-state index in [1.54, 1.807) is 6.20 Å². The minimum Gasteiger partial charge on any atom is -0.378 e. The van der Waals surface area contributed by atoms with E-state index in [1.807, 2.05) is 42.5 Å². The number of urea groups is 1. The van der Waals surface area contributed by atoms with Crippen LogP contribution in [0.3, 0.4) is 0 Å². The maximum atomic E-state index is 12.4. The molecule has 8 heteroatoms. The lowest BCUT2D eigenvalue weighted by Crippen LogP contribution is -2.36. The molecule has 0 spiro atoms. The van der Waals surface area contributed by atoms with Crippen molar-refractivity contribution in [3.8, 4) is 0 Å². The van der Waals surface area contributed by atoms with Crippen LogP contribution in [0.2, 0.25) is 0 Å². The molecule has 142 valence electrons. The Labute approximate surface area is 157 Å². The van der Waals surface area contributed by atoms with Crippen LogP contribution in [0, 0.1) is 0 Å². The number of hydrogen-bond donors (Lipinski definition) is 3. The van der Waals surface area contributed by atoms with E-state index < -0.39 is 12.1 Å². The highest BCUT2D eigenvalue weighted by molar-refractivity contribution is 5.91. The summed E-state index contributed by atoms with van der Waals surface area (Å²) in [5, 5.41) is 5.42. The number of morpholine rings is 1. The molecule has 3 rings (SSSR count). The van der Waals surface area contributed by atoms with Gasteiger partial charge in [-0.15, -0.1) is 0 Å². The molecule has 27 heavy (non-hydrogen) atoms. The molecule has 1 aliphatic rings. The molecule has 2 heterocycles. The number of pyridine rings is 1. The first-order chi connectivity index (χ1) is 13.1. The van der Waals surface area contributed by atoms with E-state index in [1.165, 1.54) is 0 Å². The molecule has 1 atom stereocenters. The molecule has 1 fully saturated rings. The number of nitrogens with zero attached hydrogens (tertiary/aromatic N) is 2. The molecule has 3 amide bonds. The number of carbonyl (C=O) groups excluding carboxylic acids is 2. The lowest BCUT2D eigenvalue weighted by Gasteiger charge is -2.27. The third kappa shape index (κ3) is 5.42. The molecule has 1 aromatic heterocycles. The molecule has 4 N–H and O–H groups in total. The second-order valence-corrected chi connectivity index (χ2v) is 6.23. The van der Waals surface area contributed by atoms with Gasteiger partial charge < -0.3 is 26.0 Å². The summed E-state index contributed by atoms with van der Waals surface area (Å²) in [7, 11) is 0. The van der Waals surface area contributed by atoms with E-state index in [-0.39, 0.29) is 12.3 Å². The van der Waals surface area contributed by atoms with Gasteiger partial charge in [-0.3, -0.25) is 4.79 Å². The zero-order valence-electron chi connectivity index (χ0n) is 14.9. The quantitative estimate of drug-likeness (QED) is 0.717. The Hall–Kier alpha value is -3.13. The summed E-state index contributed by atoms with van der Waals surface area (Å²) < 4.78 is 5.33. The molecule has 1 unspecified atom stereocenters. The molecule has 1 aliphatic heterocycles. The monoisotopic (exact) mass is 369 g/mol. The van der Waals surface area contributed by atoms with Gasteiger partial charge in [-0.05, 0) is 17.7 Å². The molecule has 0 aliphatic carbocycles. The third-order valence-electron chi connectivity index (χ3n) is 4.27. The van der Waals surface area contributed by atoms with Crippen LogP contribution in [-0.2, 0) is 9.53 Å². The van der Waals surface area contributed by atoms with Crippen molar-refractivity contribution in [3.63, 3.8) is 0 Å². The van der Waals surface area contributed by atoms with Gasteiger partial charge in [-0.2, -0.15) is 0 Å². The van der Waals surface area contributed by atoms with Crippen LogP contribution < -0.4 is 21.3 Å². The van der Waals surface area contributed by atoms with Crippen molar-refractivity contribution in [2.75, 3.05) is 36.5 Å². The van der Waals surface area contributed by atoms with Crippen LogP contribution in [0.5, 0.6) is 0 Å². The van der Waals surface area contributed by atoms with Crippen molar-refractivity contribution in [2.45, 2.75) is 12.5 Å². The van der Waals surface area contributed by atoms with E-state index in [4.69, 9.17) is 10.5 Å². The van der Waals surface area contributed by atoms with E-state index in [0.29, 0.717) is 18.9 Å². The van der Waals surface area contributed by atoms with Crippen molar-refractivity contribution >= 4 is 23.4 Å². The average molecular weight is 369 g/mol. The molecular formula is C19H23N5O3. The maximum Gasteiger partial charge on any atom is 0.312 e. The minimum atomic E-state index is -0.673. The van der Waals surface area contributed by atoms with Gasteiger partial charge in [-0.25, -0.2) is 9.78 Å². The highest BCUT2D eigenvalue weighted by Crippen LogP contribution is 2.19. The van der Waals surface area contributed by atoms with Gasteiger partial charge in [0.1, 0.15) is 5.82 Å². The second-order valence-electron chi connectivity index (χ2n) is 6.23. The van der Waals surface area contributed by atoms with E-state index in [9.17, 15) is 9.59 Å². The van der Waals surface area contributed by atoms with Gasteiger partial charge in [0.05, 0.1) is 37.6 Å². The Morgan fingerprint density at radius 2 is 1.89 bits per heavy atom. The van der Waals surface area contributed by atoms with Crippen molar-refractivity contribution in [2.24, 2.45) is 5.73 Å². The number of aromatic nitrogens is 1. The lowest BCUT2D eigenvalue weighted by molar-refractivity contribution is -0.116. The first kappa shape index (κ1) is 18.7. The largest absolute Gasteiger partial charge is 0.378 e. The molecule has 2 aromatic rings. The van der Waals surface area contributed by atoms with Crippen LogP contribution in [0.15, 0.2) is 48.7 Å². The number of nitrogens with two attached hydrogens (primary N) is 1. The summed E-state index contributed by atoms with van der Waals surface area (Å²) in [6, 6.07) is 11.8. The number of rotatable bonds is 6. The third-order valence-corrected chi connectivity index (χ3v) is 4.27. The summed E-state index contributed by atoms with van der Waals surface area (Å²) >= 11 is 0. The zero-order chi connectivity index (χ0) is 19.1. The van der Waals surface area contributed by atoms with Crippen LogP contribution in [-0.4, -0.2) is 43.2 Å². The predicted molar refractivity (Wildman–Crippen MR) is 102 cm³/mol. The summed E-state index contributed by atoms with van der Waals surface area (Å²) in [6.45, 7) is 2.98. The predicted octanol–water partition coefficient (Wildman–Crippen LogP) is 1.66. The highest BCUT2D eigenvalue weighted by atomic mass is 16.5. The lowest BCUT2D eigenvalue weighted by atomic mass is 10.0. The normalized spacial score (nSPS) is 15.0. The number of carbonyl (C=O) groups is 2. The van der Waals surface area contributed by atoms with Crippen molar-refractivity contribution in [3.05, 3.63) is 54.2 Å². The molecule has 0 bridgehead atoms. The summed E-state index contributed by atoms with van der Waals surface area (Å²) in [5.41, 5.74) is 6.65. The van der Waals surface area contributed by atoms with Gasteiger partial charge >= 0.3 is 6.03 Å². The Morgan fingerprint density at radius 1 is 1.15 bits per heavy atom. The summed E-state index contributed by atoms with van der Waals surface area (Å²) in [5.74, 6) is 0.618. The van der Waals surface area contributed by atoms with E-state index in [0.717, 1.165) is 24.5 Å². The number of primary amides is 1. The summed E-state index contributed by atoms with van der Waals surface area (Å²) in [6.07, 6.45) is 1.69. The number of ether oxygens (including phenoxy) is 1. The van der Waals surface area contributed by atoms with Gasteiger partial charge in [0.25, 0.3) is 0 Å². The Bertz CT molecular complexity index is 761. The minimum absolute atomic E-state index is 0.0676. The number of amides is 3. The number of anilines is 2. The first-order valence-corrected chi connectivity index (χ1v) is 8.81. The molecule has 0 radical (unpaired) electrons. The Balaban J connectivity index is 1.60. The van der Waals surface area contributed by atoms with Crippen molar-refractivity contribution in [1.82, 2.24) is 10.3 Å². The first-order valence-electron chi connectivity index (χ1n) is 8.81. The van der Waals surface area contributed by atoms with Crippen LogP contribution in [0.4, 0.5) is 16.3 Å². The van der Waals surface area contributed by atoms with E-state index in [2.05, 4.69) is 20.5 Å². The van der Waals surface area contributed by atoms with E-state index >= 15 is 0 Å². The zero-order valence-corrected chi connectivity index (χ0v) is 14.9. The average Bonchev–Trinajstić information content (AvgIpc) is 2.69. The van der Waals surface area contributed by atoms with Crippen molar-refractivity contribution < 1.29 is 14.3 Å². The Kier molecular flexibility index (Phi) is 6.22.